The van der Waals surface area contributed by atoms with E-state index in [0.29, 0.717) is 16.3 Å². The zero-order valence-electron chi connectivity index (χ0n) is 24.1. The van der Waals surface area contributed by atoms with Crippen LogP contribution in [-0.2, 0) is 35.6 Å². The van der Waals surface area contributed by atoms with Crippen molar-refractivity contribution in [2.75, 3.05) is 32.1 Å². The fourth-order valence-corrected chi connectivity index (χ4v) is 5.71. The number of carbonyl (C=O) groups excluding carboxylic acids is 3. The van der Waals surface area contributed by atoms with Crippen molar-refractivity contribution in [1.29, 1.82) is 0 Å². The second kappa shape index (κ2) is 14.4. The largest absolute Gasteiger partial charge is 0.480 e. The van der Waals surface area contributed by atoms with E-state index in [4.69, 9.17) is 5.11 Å². The van der Waals surface area contributed by atoms with Gasteiger partial charge in [-0.1, -0.05) is 36.4 Å². The Labute approximate surface area is 252 Å². The summed E-state index contributed by atoms with van der Waals surface area (Å²) in [5.41, 5.74) is 1.06. The van der Waals surface area contributed by atoms with Crippen LogP contribution in [0.3, 0.4) is 0 Å². The van der Waals surface area contributed by atoms with E-state index in [1.807, 2.05) is 25.1 Å². The average Bonchev–Trinajstić information content (AvgIpc) is 2.97. The topological polar surface area (TPSA) is 217 Å². The fraction of sp³-hybridized carbons (Fsp3) is 0.286. The first-order valence-corrected chi connectivity index (χ1v) is 14.7. The van der Waals surface area contributed by atoms with Gasteiger partial charge in [0.2, 0.25) is 27.7 Å². The summed E-state index contributed by atoms with van der Waals surface area (Å²) in [4.78, 5) is 60.9. The lowest BCUT2D eigenvalue weighted by Crippen LogP contribution is -2.52. The number of sulfonamides is 1. The maximum atomic E-state index is 13.2. The summed E-state index contributed by atoms with van der Waals surface area (Å²) < 4.78 is 28.8. The van der Waals surface area contributed by atoms with Crippen molar-refractivity contribution in [3.8, 4) is 0 Å². The lowest BCUT2D eigenvalue weighted by Gasteiger charge is -2.20. The fourth-order valence-electron chi connectivity index (χ4n) is 4.29. The van der Waals surface area contributed by atoms with Crippen LogP contribution in [0.25, 0.3) is 10.8 Å². The van der Waals surface area contributed by atoms with Crippen LogP contribution in [0.4, 0.5) is 11.4 Å². The van der Waals surface area contributed by atoms with Gasteiger partial charge in [0, 0.05) is 49.1 Å². The van der Waals surface area contributed by atoms with Gasteiger partial charge >= 0.3 is 5.97 Å². The molecular weight excluding hydrogens is 596 g/mol. The predicted octanol–water partition coefficient (Wildman–Crippen LogP) is 0.525. The molecule has 0 heterocycles. The molecule has 3 amide bonds. The van der Waals surface area contributed by atoms with Crippen molar-refractivity contribution in [3.63, 3.8) is 0 Å². The van der Waals surface area contributed by atoms with Crippen molar-refractivity contribution < 1.29 is 37.6 Å². The smallest absolute Gasteiger partial charge is 0.322 e. The molecule has 0 radical (unpaired) electrons. The number of rotatable bonds is 14. The molecule has 2 atom stereocenters. The van der Waals surface area contributed by atoms with Gasteiger partial charge < -0.3 is 26.0 Å². The van der Waals surface area contributed by atoms with Gasteiger partial charge in [0.05, 0.1) is 22.4 Å². The van der Waals surface area contributed by atoms with E-state index in [0.717, 1.165) is 5.69 Å². The van der Waals surface area contributed by atoms with Crippen molar-refractivity contribution in [3.05, 3.63) is 76.3 Å². The summed E-state index contributed by atoms with van der Waals surface area (Å²) in [5, 5.41) is 27.8. The number of non-ortho nitro benzene ring substituents is 1. The number of nitrogens with one attached hydrogen (secondary N) is 4. The number of nitrogens with zero attached hydrogens (tertiary/aromatic N) is 2. The highest BCUT2D eigenvalue weighted by Crippen LogP contribution is 2.30. The minimum atomic E-state index is -4.17. The quantitative estimate of drug-likeness (QED) is 0.123. The van der Waals surface area contributed by atoms with Crippen LogP contribution in [0.1, 0.15) is 12.5 Å². The van der Waals surface area contributed by atoms with Gasteiger partial charge in [-0.25, -0.2) is 8.42 Å². The summed E-state index contributed by atoms with van der Waals surface area (Å²) in [6, 6.07) is 12.7. The molecule has 0 bridgehead atoms. The summed E-state index contributed by atoms with van der Waals surface area (Å²) in [6.45, 7) is -0.0424. The summed E-state index contributed by atoms with van der Waals surface area (Å²) in [6.07, 6.45) is -0.139. The van der Waals surface area contributed by atoms with E-state index in [1.54, 1.807) is 24.3 Å². The number of carbonyl (C=O) groups is 4. The number of aliphatic carboxylic acids is 1. The lowest BCUT2D eigenvalue weighted by atomic mass is 10.0. The SMILES string of the molecule is C[C@@H](NS(=O)(=O)c1cccc2c(N(C)C)cccc12)C(=O)NCC(=O)N[C@@H](Cc1ccc([N+](=O)[O-])cc1)C(=O)NCC(=O)O. The summed E-state index contributed by atoms with van der Waals surface area (Å²) in [5.74, 6) is -3.79. The molecule has 0 saturated carbocycles. The molecule has 3 rings (SSSR count). The number of carboxylic acid groups (broad SMARTS) is 1. The number of fused-ring (bicyclic) bond motifs is 1. The minimum Gasteiger partial charge on any atom is -0.480 e. The van der Waals surface area contributed by atoms with E-state index in [-0.39, 0.29) is 17.0 Å². The first-order chi connectivity index (χ1) is 20.7. The van der Waals surface area contributed by atoms with Gasteiger partial charge in [-0.3, -0.25) is 29.3 Å². The van der Waals surface area contributed by atoms with Gasteiger partial charge in [-0.05, 0) is 24.6 Å². The molecule has 16 heteroatoms. The maximum absolute atomic E-state index is 13.2. The third-order valence-corrected chi connectivity index (χ3v) is 8.03. The minimum absolute atomic E-state index is 0.0300. The Kier molecular flexibility index (Phi) is 10.9. The number of amides is 3. The number of anilines is 1. The highest BCUT2D eigenvalue weighted by atomic mass is 32.2. The molecule has 0 aromatic heterocycles. The Hall–Kier alpha value is -5.09. The third-order valence-electron chi connectivity index (χ3n) is 6.43. The van der Waals surface area contributed by atoms with Crippen LogP contribution in [0.5, 0.6) is 0 Å². The molecule has 0 aliphatic carbocycles. The molecule has 0 unspecified atom stereocenters. The molecule has 3 aromatic carbocycles. The van der Waals surface area contributed by atoms with E-state index < -0.39 is 63.8 Å². The molecular formula is C28H32N6O9S. The van der Waals surface area contributed by atoms with Gasteiger partial charge in [0.1, 0.15) is 12.6 Å². The van der Waals surface area contributed by atoms with Crippen LogP contribution >= 0.6 is 0 Å². The Morgan fingerprint density at radius 2 is 1.52 bits per heavy atom. The van der Waals surface area contributed by atoms with Gasteiger partial charge in [-0.15, -0.1) is 0 Å². The van der Waals surface area contributed by atoms with Crippen molar-refractivity contribution in [2.45, 2.75) is 30.3 Å². The first-order valence-electron chi connectivity index (χ1n) is 13.2. The van der Waals surface area contributed by atoms with Gasteiger partial charge in [0.25, 0.3) is 5.69 Å². The Balaban J connectivity index is 1.66. The van der Waals surface area contributed by atoms with Crippen LogP contribution in [0, 0.1) is 10.1 Å². The van der Waals surface area contributed by atoms with Crippen LogP contribution in [0.2, 0.25) is 0 Å². The van der Waals surface area contributed by atoms with Crippen molar-refractivity contribution in [2.24, 2.45) is 0 Å². The monoisotopic (exact) mass is 628 g/mol. The zero-order valence-corrected chi connectivity index (χ0v) is 24.9. The Bertz CT molecular complexity index is 1680. The van der Waals surface area contributed by atoms with Crippen LogP contribution in [-0.4, -0.2) is 81.4 Å². The molecule has 0 fully saturated rings. The number of nitro benzene ring substituents is 1. The van der Waals surface area contributed by atoms with Crippen molar-refractivity contribution >= 4 is 55.9 Å². The van der Waals surface area contributed by atoms with Gasteiger partial charge in [-0.2, -0.15) is 4.72 Å². The number of hydrogen-bond acceptors (Lipinski definition) is 9. The highest BCUT2D eigenvalue weighted by Gasteiger charge is 2.26. The standard InChI is InChI=1S/C28H32N6O9S/c1-17(32-44(42,43)24-9-5-6-20-21(24)7-4-8-23(20)33(2)3)27(38)29-15-25(35)31-22(28(39)30-16-26(36)37)14-18-10-12-19(13-11-18)34(40)41/h4-13,17,22,32H,14-16H2,1-3H3,(H,29,38)(H,30,39)(H,31,35)(H,36,37)/t17-,22+/m1/s1. The highest BCUT2D eigenvalue weighted by molar-refractivity contribution is 7.89. The molecule has 44 heavy (non-hydrogen) atoms. The normalized spacial score (nSPS) is 12.5. The van der Waals surface area contributed by atoms with Crippen LogP contribution < -0.4 is 25.6 Å². The van der Waals surface area contributed by atoms with Gasteiger partial charge in [0.15, 0.2) is 0 Å². The molecule has 0 aliphatic heterocycles. The zero-order chi connectivity index (χ0) is 32.6. The molecule has 234 valence electrons. The first kappa shape index (κ1) is 33.4. The molecule has 15 nitrogen and oxygen atoms in total. The Morgan fingerprint density at radius 3 is 2.14 bits per heavy atom. The molecule has 3 aromatic rings. The molecule has 0 aliphatic rings. The maximum Gasteiger partial charge on any atom is 0.322 e. The third kappa shape index (κ3) is 8.71. The van der Waals surface area contributed by atoms with E-state index in [9.17, 15) is 37.7 Å². The van der Waals surface area contributed by atoms with E-state index in [2.05, 4.69) is 20.7 Å². The number of hydrogen-bond donors (Lipinski definition) is 5. The van der Waals surface area contributed by atoms with Crippen molar-refractivity contribution in [1.82, 2.24) is 20.7 Å². The summed E-state index contributed by atoms with van der Waals surface area (Å²) >= 11 is 0. The van der Waals surface area contributed by atoms with E-state index >= 15 is 0 Å². The van der Waals surface area contributed by atoms with E-state index in [1.165, 1.54) is 37.3 Å². The number of benzene rings is 3. The average molecular weight is 629 g/mol. The molecule has 0 saturated heterocycles. The summed E-state index contributed by atoms with van der Waals surface area (Å²) in [7, 11) is -0.511. The second-order valence-electron chi connectivity index (χ2n) is 9.94. The predicted molar refractivity (Wildman–Crippen MR) is 160 cm³/mol. The second-order valence-corrected chi connectivity index (χ2v) is 11.6. The number of nitro groups is 1. The van der Waals surface area contributed by atoms with Crippen LogP contribution in [0.15, 0.2) is 65.6 Å². The Morgan fingerprint density at radius 1 is 0.909 bits per heavy atom. The molecule has 0 spiro atoms. The molecule has 5 N–H and O–H groups in total. The lowest BCUT2D eigenvalue weighted by molar-refractivity contribution is -0.384. The number of carboxylic acids is 1.